The van der Waals surface area contributed by atoms with Gasteiger partial charge < -0.3 is 14.5 Å². The molecular weight excluding hydrogens is 671 g/mol. The minimum atomic E-state index is -2.96. The number of rotatable bonds is 15. The smallest absolute Gasteiger partial charge is 0.358 e. The Morgan fingerprint density at radius 1 is 0.837 bits per heavy atom. The van der Waals surface area contributed by atoms with E-state index in [0.717, 1.165) is 29.2 Å². The highest BCUT2D eigenvalue weighted by atomic mass is 32.3. The quantitative estimate of drug-likeness (QED) is 0.0856. The predicted octanol–water partition coefficient (Wildman–Crippen LogP) is 8.11. The highest BCUT2D eigenvalue weighted by Crippen LogP contribution is 2.52. The maximum atomic E-state index is 12.0. The van der Waals surface area contributed by atoms with Crippen molar-refractivity contribution in [1.82, 2.24) is 5.06 Å². The largest absolute Gasteiger partial charge is 0.369 e. The first-order valence-corrected chi connectivity index (χ1v) is 18.3. The van der Waals surface area contributed by atoms with Crippen molar-refractivity contribution >= 4 is 57.1 Å². The van der Waals surface area contributed by atoms with Crippen LogP contribution in [0.2, 0.25) is 0 Å². The van der Waals surface area contributed by atoms with Gasteiger partial charge in [-0.3, -0.25) is 9.59 Å². The molecule has 2 amide bonds. The second-order valence-corrected chi connectivity index (χ2v) is 14.3. The lowest BCUT2D eigenvalue weighted by molar-refractivity contribution is -0.200. The third kappa shape index (κ3) is 9.46. The number of nitroso groups, excluding NO2 is 3. The Labute approximate surface area is 290 Å². The number of amides is 2. The molecule has 49 heavy (non-hydrogen) atoms. The molecule has 0 N–H and O–H groups in total. The number of carbonyl (C=O) groups excluding carboxylic acids is 3. The number of imide groups is 1. The zero-order valence-electron chi connectivity index (χ0n) is 27.2. The minimum Gasteiger partial charge on any atom is -0.369 e. The van der Waals surface area contributed by atoms with Gasteiger partial charge in [-0.15, -0.1) is 31.5 Å². The number of allylic oxidation sites excluding steroid dienone is 1. The summed E-state index contributed by atoms with van der Waals surface area (Å²) < 4.78 is 12.6. The van der Waals surface area contributed by atoms with E-state index in [1.807, 2.05) is 13.0 Å². The molecule has 5 rings (SSSR count). The number of thioether (sulfide) groups is 1. The van der Waals surface area contributed by atoms with Crippen molar-refractivity contribution < 1.29 is 24.0 Å². The van der Waals surface area contributed by atoms with Crippen LogP contribution in [0, 0.1) is 14.7 Å². The predicted molar refractivity (Wildman–Crippen MR) is 192 cm³/mol. The van der Waals surface area contributed by atoms with E-state index in [1.54, 1.807) is 11.8 Å². The third-order valence-electron chi connectivity index (χ3n) is 7.56. The molecule has 258 valence electrons. The van der Waals surface area contributed by atoms with Crippen LogP contribution in [0.5, 0.6) is 0 Å². The molecule has 0 aromatic heterocycles. The fourth-order valence-corrected chi connectivity index (χ4v) is 7.04. The van der Waals surface area contributed by atoms with E-state index in [1.165, 1.54) is 22.3 Å². The van der Waals surface area contributed by atoms with Gasteiger partial charge in [-0.05, 0) is 35.9 Å². The van der Waals surface area contributed by atoms with Crippen LogP contribution in [0.15, 0.2) is 97.5 Å². The van der Waals surface area contributed by atoms with Crippen LogP contribution in [0.4, 0.5) is 11.4 Å². The summed E-state index contributed by atoms with van der Waals surface area (Å²) in [6, 6.07) is 27.4. The van der Waals surface area contributed by atoms with Gasteiger partial charge in [-0.25, -0.2) is 4.79 Å². The molecule has 2 heterocycles. The molecule has 0 radical (unpaired) electrons. The normalized spacial score (nSPS) is 13.9. The topological polar surface area (TPSA) is 164 Å². The van der Waals surface area contributed by atoms with E-state index < -0.39 is 28.4 Å². The lowest BCUT2D eigenvalue weighted by atomic mass is 9.89. The van der Waals surface area contributed by atoms with E-state index >= 15 is 0 Å². The van der Waals surface area contributed by atoms with Crippen LogP contribution >= 0.6 is 22.3 Å². The van der Waals surface area contributed by atoms with E-state index in [2.05, 4.69) is 98.4 Å². The number of unbranched alkanes of at least 4 members (excludes halogenated alkanes) is 1. The van der Waals surface area contributed by atoms with E-state index in [4.69, 9.17) is 9.57 Å². The van der Waals surface area contributed by atoms with Crippen LogP contribution in [-0.2, 0) is 30.5 Å². The molecular formula is C34H37N5O8S2. The molecule has 0 spiro atoms. The number of fused-ring (bicyclic) bond motifs is 2. The number of ether oxygens (including phenoxy) is 1. The van der Waals surface area contributed by atoms with Gasteiger partial charge in [-0.2, -0.15) is 0 Å². The number of hydroxylamine groups is 2. The molecule has 1 fully saturated rings. The Bertz CT molecular complexity index is 1620. The second-order valence-electron chi connectivity index (χ2n) is 10.9. The minimum absolute atomic E-state index is 0.0633. The maximum absolute atomic E-state index is 12.0. The molecule has 0 saturated carbocycles. The summed E-state index contributed by atoms with van der Waals surface area (Å²) in [4.78, 5) is 73.5. The van der Waals surface area contributed by atoms with Crippen molar-refractivity contribution in [2.45, 2.75) is 46.1 Å². The van der Waals surface area contributed by atoms with E-state index in [9.17, 15) is 29.1 Å². The molecule has 1 saturated heterocycles. The standard InChI is InChI=1S/C30H28N2O5S.C4H9N3O3S/c1-21(38-18-17-36-20-29(35)37-32-27(33)15-16-28(32)34)30-23-11-5-7-13-25(23)31(19-22-9-3-2-4-10-22)26-14-8-6-12-24(26)30;1-2-3-4-11(5-8,6-9)7-10/h2-14H,15-20H2,1H3;2-4H2,1H3. The van der Waals surface area contributed by atoms with E-state index in [0.29, 0.717) is 23.8 Å². The molecule has 2 aliphatic heterocycles. The number of carbonyl (C=O) groups is 3. The fraction of sp³-hybridized carbons (Fsp3) is 0.324. The van der Waals surface area contributed by atoms with Crippen LogP contribution in [0.25, 0.3) is 5.57 Å². The number of nitrogens with zero attached hydrogens (tertiary/aromatic N) is 5. The zero-order valence-corrected chi connectivity index (χ0v) is 28.8. The Hall–Kier alpha value is -4.73. The van der Waals surface area contributed by atoms with E-state index in [-0.39, 0.29) is 25.2 Å². The van der Waals surface area contributed by atoms with Crippen LogP contribution in [0.3, 0.4) is 0 Å². The Morgan fingerprint density at radius 3 is 1.94 bits per heavy atom. The first kappa shape index (κ1) is 37.1. The second kappa shape index (κ2) is 18.1. The van der Waals surface area contributed by atoms with Gasteiger partial charge in [0, 0.05) is 72.7 Å². The maximum Gasteiger partial charge on any atom is 0.358 e. The molecule has 2 aliphatic rings. The molecule has 3 aromatic rings. The van der Waals surface area contributed by atoms with Gasteiger partial charge in [0.2, 0.25) is 0 Å². The van der Waals surface area contributed by atoms with Crippen LogP contribution in [-0.4, -0.2) is 47.6 Å². The molecule has 15 heteroatoms. The molecule has 13 nitrogen and oxygen atoms in total. The molecule has 0 bridgehead atoms. The summed E-state index contributed by atoms with van der Waals surface area (Å²) >= 11 is 1.67. The van der Waals surface area contributed by atoms with Crippen molar-refractivity contribution in [3.8, 4) is 0 Å². The van der Waals surface area contributed by atoms with Crippen molar-refractivity contribution in [2.24, 2.45) is 13.7 Å². The lowest BCUT2D eigenvalue weighted by Gasteiger charge is -2.35. The van der Waals surface area contributed by atoms with Gasteiger partial charge in [0.25, 0.3) is 11.8 Å². The summed E-state index contributed by atoms with van der Waals surface area (Å²) in [5.41, 5.74) is 7.11. The Balaban J connectivity index is 0.000000424. The number of anilines is 2. The molecule has 3 aromatic carbocycles. The monoisotopic (exact) mass is 707 g/mol. The first-order chi connectivity index (χ1) is 23.8. The molecule has 0 atom stereocenters. The summed E-state index contributed by atoms with van der Waals surface area (Å²) in [5.74, 6) is -1.06. The van der Waals surface area contributed by atoms with Crippen LogP contribution < -0.4 is 4.90 Å². The number of hydrogen-bond donors (Lipinski definition) is 0. The molecule has 0 aliphatic carbocycles. The van der Waals surface area contributed by atoms with Gasteiger partial charge in [-0.1, -0.05) is 80.1 Å². The van der Waals surface area contributed by atoms with Crippen LogP contribution in [0.1, 0.15) is 56.2 Å². The highest BCUT2D eigenvalue weighted by Gasteiger charge is 2.33. The Kier molecular flexibility index (Phi) is 13.7. The average molecular weight is 708 g/mol. The lowest BCUT2D eigenvalue weighted by Crippen LogP contribution is -2.33. The van der Waals surface area contributed by atoms with Gasteiger partial charge in [0.05, 0.1) is 6.61 Å². The van der Waals surface area contributed by atoms with Gasteiger partial charge in [0.1, 0.15) is 6.61 Å². The van der Waals surface area contributed by atoms with Gasteiger partial charge in [0.15, 0.2) is 10.6 Å². The number of benzene rings is 3. The SMILES string of the molecule is CC(SCCOCC(=O)ON1C(=O)CCC1=O)=C1c2ccccc2N(Cc2ccccc2)c2ccccc21.CCCCS(N=O)(N=O)N=O. The highest BCUT2D eigenvalue weighted by molar-refractivity contribution is 8.30. The van der Waals surface area contributed by atoms with Crippen molar-refractivity contribution in [1.29, 1.82) is 0 Å². The fourth-order valence-electron chi connectivity index (χ4n) is 5.19. The first-order valence-electron chi connectivity index (χ1n) is 15.6. The van der Waals surface area contributed by atoms with Crippen molar-refractivity contribution in [2.75, 3.05) is 29.6 Å². The van der Waals surface area contributed by atoms with Gasteiger partial charge >= 0.3 is 5.97 Å². The summed E-state index contributed by atoms with van der Waals surface area (Å²) in [7, 11) is -2.96. The summed E-state index contributed by atoms with van der Waals surface area (Å²) in [6.45, 7) is 4.74. The summed E-state index contributed by atoms with van der Waals surface area (Å²) in [5, 5.41) is 0.536. The Morgan fingerprint density at radius 2 is 1.39 bits per heavy atom. The average Bonchev–Trinajstić information content (AvgIpc) is 3.45. The van der Waals surface area contributed by atoms with Crippen molar-refractivity contribution in [3.63, 3.8) is 0 Å². The summed E-state index contributed by atoms with van der Waals surface area (Å²) in [6.07, 6.45) is 1.47. The van der Waals surface area contributed by atoms with Crippen molar-refractivity contribution in [3.05, 3.63) is 115 Å². The third-order valence-corrected chi connectivity index (χ3v) is 10.1. The zero-order chi connectivity index (χ0) is 35.2. The number of para-hydroxylation sites is 2. The molecule has 0 unspecified atom stereocenters. The number of hydrogen-bond acceptors (Lipinski definition) is 13.